The van der Waals surface area contributed by atoms with E-state index in [1.54, 1.807) is 0 Å². The van der Waals surface area contributed by atoms with E-state index in [0.717, 1.165) is 49.7 Å². The zero-order valence-corrected chi connectivity index (χ0v) is 12.9. The van der Waals surface area contributed by atoms with Crippen LogP contribution >= 0.6 is 0 Å². The van der Waals surface area contributed by atoms with E-state index in [1.807, 2.05) is 0 Å². The molecule has 2 N–H and O–H groups in total. The highest BCUT2D eigenvalue weighted by molar-refractivity contribution is 5.69. The lowest BCUT2D eigenvalue weighted by Gasteiger charge is -2.27. The number of anilines is 1. The number of hydrogen-bond acceptors (Lipinski definition) is 3. The first-order chi connectivity index (χ1) is 10.8. The lowest BCUT2D eigenvalue weighted by atomic mass is 10.1. The van der Waals surface area contributed by atoms with Gasteiger partial charge in [-0.3, -0.25) is 0 Å². The molecule has 22 heavy (non-hydrogen) atoms. The van der Waals surface area contributed by atoms with Crippen LogP contribution in [0, 0.1) is 0 Å². The summed E-state index contributed by atoms with van der Waals surface area (Å²) in [4.78, 5) is 4.93. The predicted octanol–water partition coefficient (Wildman–Crippen LogP) is 1.74. The second-order valence-corrected chi connectivity index (χ2v) is 6.00. The maximum absolute atomic E-state index is 4.93. The Hall–Kier alpha value is -2.14. The lowest BCUT2D eigenvalue weighted by molar-refractivity contribution is -0.660. The quantitative estimate of drug-likeness (QED) is 0.830. The van der Waals surface area contributed by atoms with Crippen molar-refractivity contribution in [1.29, 1.82) is 0 Å². The van der Waals surface area contributed by atoms with Gasteiger partial charge in [0.1, 0.15) is 18.6 Å². The number of hydrogen-bond donors (Lipinski definition) is 2. The molecule has 0 atom stereocenters. The average Bonchev–Trinajstić information content (AvgIpc) is 2.95. The summed E-state index contributed by atoms with van der Waals surface area (Å²) in [7, 11) is 2.08. The van der Waals surface area contributed by atoms with Gasteiger partial charge in [-0.2, -0.15) is 4.57 Å². The van der Waals surface area contributed by atoms with Gasteiger partial charge in [0.25, 0.3) is 0 Å². The minimum absolute atomic E-state index is 0.506. The van der Waals surface area contributed by atoms with Crippen molar-refractivity contribution >= 4 is 11.9 Å². The van der Waals surface area contributed by atoms with E-state index in [-0.39, 0.29) is 0 Å². The summed E-state index contributed by atoms with van der Waals surface area (Å²) in [6, 6.07) is 6.79. The number of pyridine rings is 1. The normalized spacial score (nSPS) is 18.0. The molecular formula is C17H22N5+. The first-order valence-corrected chi connectivity index (χ1v) is 8.03. The third kappa shape index (κ3) is 2.22. The number of nitrogens with zero attached hydrogens (tertiary/aromatic N) is 3. The Kier molecular flexibility index (Phi) is 3.42. The van der Waals surface area contributed by atoms with Crippen LogP contribution in [0.25, 0.3) is 17.6 Å². The predicted molar refractivity (Wildman–Crippen MR) is 87.5 cm³/mol. The Bertz CT molecular complexity index is 710. The first kappa shape index (κ1) is 13.5. The van der Waals surface area contributed by atoms with Crippen molar-refractivity contribution in [2.75, 3.05) is 25.0 Å². The summed E-state index contributed by atoms with van der Waals surface area (Å²) in [6.45, 7) is 3.03. The highest BCUT2D eigenvalue weighted by atomic mass is 15.2. The molecule has 2 aromatic heterocycles. The van der Waals surface area contributed by atoms with Gasteiger partial charge in [-0.15, -0.1) is 0 Å². The van der Waals surface area contributed by atoms with Gasteiger partial charge < -0.3 is 15.2 Å². The number of piperidine rings is 1. The molecule has 0 bridgehead atoms. The van der Waals surface area contributed by atoms with Crippen LogP contribution < -0.4 is 15.2 Å². The topological polar surface area (TPSA) is 45.8 Å². The molecule has 1 saturated heterocycles. The van der Waals surface area contributed by atoms with Crippen LogP contribution in [0.2, 0.25) is 0 Å². The molecule has 4 rings (SSSR count). The summed E-state index contributed by atoms with van der Waals surface area (Å²) in [6.07, 6.45) is 8.65. The summed E-state index contributed by atoms with van der Waals surface area (Å²) >= 11 is 0. The number of aromatic nitrogens is 3. The van der Waals surface area contributed by atoms with Gasteiger partial charge in [0.15, 0.2) is 6.20 Å². The van der Waals surface area contributed by atoms with Crippen LogP contribution in [0.3, 0.4) is 0 Å². The SMILES string of the molecule is C[n+]1ccccc1-c1nc2c(n1C1CCNCC1)NCC=C2. The van der Waals surface area contributed by atoms with E-state index in [2.05, 4.69) is 63.4 Å². The minimum atomic E-state index is 0.506. The molecule has 0 saturated carbocycles. The fourth-order valence-electron chi connectivity index (χ4n) is 3.43. The van der Waals surface area contributed by atoms with Crippen LogP contribution in [0.4, 0.5) is 5.82 Å². The summed E-state index contributed by atoms with van der Waals surface area (Å²) in [5.41, 5.74) is 2.22. The largest absolute Gasteiger partial charge is 0.366 e. The monoisotopic (exact) mass is 296 g/mol. The molecule has 5 heteroatoms. The highest BCUT2D eigenvalue weighted by Crippen LogP contribution is 2.34. The molecule has 0 aromatic carbocycles. The van der Waals surface area contributed by atoms with E-state index in [0.29, 0.717) is 6.04 Å². The summed E-state index contributed by atoms with van der Waals surface area (Å²) in [5.74, 6) is 2.24. The Balaban J connectivity index is 1.88. The molecule has 2 aliphatic heterocycles. The summed E-state index contributed by atoms with van der Waals surface area (Å²) < 4.78 is 4.57. The molecule has 114 valence electrons. The van der Waals surface area contributed by atoms with Crippen molar-refractivity contribution in [1.82, 2.24) is 14.9 Å². The Labute approximate surface area is 130 Å². The molecule has 0 spiro atoms. The molecular weight excluding hydrogens is 274 g/mol. The summed E-state index contributed by atoms with van der Waals surface area (Å²) in [5, 5.41) is 6.98. The smallest absolute Gasteiger partial charge is 0.248 e. The fourth-order valence-corrected chi connectivity index (χ4v) is 3.43. The van der Waals surface area contributed by atoms with Crippen molar-refractivity contribution in [3.63, 3.8) is 0 Å². The number of imidazole rings is 1. The van der Waals surface area contributed by atoms with Gasteiger partial charge in [0.05, 0.1) is 0 Å². The van der Waals surface area contributed by atoms with Gasteiger partial charge in [-0.1, -0.05) is 6.08 Å². The standard InChI is InChI=1S/C17H21N5/c1-21-12-3-2-6-15(21)17-20-14-5-4-9-19-16(14)22(17)13-7-10-18-11-8-13/h2-6,12-13,18H,7-11H2,1H3/p+1. The van der Waals surface area contributed by atoms with Gasteiger partial charge >= 0.3 is 0 Å². The number of rotatable bonds is 2. The second-order valence-electron chi connectivity index (χ2n) is 6.00. The zero-order chi connectivity index (χ0) is 14.9. The molecule has 0 unspecified atom stereocenters. The van der Waals surface area contributed by atoms with Crippen LogP contribution in [0.15, 0.2) is 30.5 Å². The van der Waals surface area contributed by atoms with E-state index < -0.39 is 0 Å². The van der Waals surface area contributed by atoms with Gasteiger partial charge in [-0.05, 0) is 38.1 Å². The Morgan fingerprint density at radius 1 is 1.27 bits per heavy atom. The maximum Gasteiger partial charge on any atom is 0.248 e. The van der Waals surface area contributed by atoms with E-state index in [1.165, 1.54) is 5.82 Å². The van der Waals surface area contributed by atoms with Gasteiger partial charge in [-0.25, -0.2) is 4.98 Å². The molecule has 4 heterocycles. The first-order valence-electron chi connectivity index (χ1n) is 8.03. The van der Waals surface area contributed by atoms with E-state index in [4.69, 9.17) is 4.98 Å². The molecule has 0 radical (unpaired) electrons. The number of fused-ring (bicyclic) bond motifs is 1. The highest BCUT2D eigenvalue weighted by Gasteiger charge is 2.28. The van der Waals surface area contributed by atoms with Crippen LogP contribution in [-0.2, 0) is 7.05 Å². The Morgan fingerprint density at radius 2 is 2.14 bits per heavy atom. The molecule has 2 aliphatic rings. The van der Waals surface area contributed by atoms with Crippen LogP contribution in [-0.4, -0.2) is 29.2 Å². The maximum atomic E-state index is 4.93. The molecule has 2 aromatic rings. The third-order valence-corrected chi connectivity index (χ3v) is 4.56. The van der Waals surface area contributed by atoms with Crippen LogP contribution in [0.5, 0.6) is 0 Å². The number of nitrogens with one attached hydrogen (secondary N) is 2. The molecule has 0 amide bonds. The van der Waals surface area contributed by atoms with Crippen molar-refractivity contribution in [2.45, 2.75) is 18.9 Å². The zero-order valence-electron chi connectivity index (χ0n) is 12.9. The Morgan fingerprint density at radius 3 is 2.95 bits per heavy atom. The van der Waals surface area contributed by atoms with Gasteiger partial charge in [0, 0.05) is 24.7 Å². The lowest BCUT2D eigenvalue weighted by Crippen LogP contribution is -2.33. The van der Waals surface area contributed by atoms with Crippen molar-refractivity contribution in [2.24, 2.45) is 7.05 Å². The van der Waals surface area contributed by atoms with E-state index in [9.17, 15) is 0 Å². The number of aryl methyl sites for hydroxylation is 1. The van der Waals surface area contributed by atoms with Crippen molar-refractivity contribution in [3.05, 3.63) is 36.2 Å². The average molecular weight is 296 g/mol. The van der Waals surface area contributed by atoms with Crippen molar-refractivity contribution in [3.8, 4) is 11.5 Å². The van der Waals surface area contributed by atoms with Crippen LogP contribution in [0.1, 0.15) is 24.6 Å². The van der Waals surface area contributed by atoms with Crippen molar-refractivity contribution < 1.29 is 4.57 Å². The second kappa shape index (κ2) is 5.57. The molecule has 0 aliphatic carbocycles. The fraction of sp³-hybridized carbons (Fsp3) is 0.412. The van der Waals surface area contributed by atoms with Gasteiger partial charge in [0.2, 0.25) is 11.5 Å². The third-order valence-electron chi connectivity index (χ3n) is 4.56. The minimum Gasteiger partial charge on any atom is -0.366 e. The molecule has 1 fully saturated rings. The van der Waals surface area contributed by atoms with E-state index >= 15 is 0 Å². The molecule has 5 nitrogen and oxygen atoms in total.